The first-order valence-corrected chi connectivity index (χ1v) is 11.8. The number of ether oxygens (including phenoxy) is 1. The number of oxazole rings is 1. The molecule has 0 radical (unpaired) electrons. The second kappa shape index (κ2) is 10.6. The fourth-order valence-electron chi connectivity index (χ4n) is 3.84. The van der Waals surface area contributed by atoms with Gasteiger partial charge in [0.15, 0.2) is 11.3 Å². The highest BCUT2D eigenvalue weighted by molar-refractivity contribution is 5.98. The minimum Gasteiger partial charge on any atom is -0.494 e. The number of nitrogens with zero attached hydrogens (tertiary/aromatic N) is 6. The van der Waals surface area contributed by atoms with Crippen molar-refractivity contribution in [3.63, 3.8) is 0 Å². The number of amides is 1. The second-order valence-corrected chi connectivity index (χ2v) is 8.74. The Balaban J connectivity index is 1.45. The Morgan fingerprint density at radius 1 is 1.11 bits per heavy atom. The summed E-state index contributed by atoms with van der Waals surface area (Å²) in [6.07, 6.45) is 4.91. The lowest BCUT2D eigenvalue weighted by Gasteiger charge is -2.15. The molecule has 0 bridgehead atoms. The Hall–Kier alpha value is -4.97. The Kier molecular flexibility index (Phi) is 6.87. The van der Waals surface area contributed by atoms with Gasteiger partial charge in [-0.05, 0) is 38.4 Å². The van der Waals surface area contributed by atoms with E-state index in [9.17, 15) is 4.79 Å². The first-order chi connectivity index (χ1) is 18.4. The van der Waals surface area contributed by atoms with Crippen LogP contribution in [0.4, 0.5) is 23.1 Å². The summed E-state index contributed by atoms with van der Waals surface area (Å²) in [5.41, 5.74) is 9.00. The number of para-hydroxylation sites is 3. The second-order valence-electron chi connectivity index (χ2n) is 8.74. The van der Waals surface area contributed by atoms with Gasteiger partial charge in [-0.1, -0.05) is 18.2 Å². The van der Waals surface area contributed by atoms with Crippen LogP contribution in [0, 0.1) is 0 Å². The van der Waals surface area contributed by atoms with E-state index in [1.807, 2.05) is 61.4 Å². The number of methoxy groups -OCH3 is 1. The standard InChI is InChI=1S/C26H27N9O3/c1-34(2)11-12-35-15-16(13-29-35)30-26-28-14-18(23(27)36)24(33-26)31-20-9-6-7-17(22(20)37-3)25-32-19-8-4-5-10-21(19)38-25/h4-10,13-15H,11-12H2,1-3H3,(H2,27,36)(H2,28,30,31,33). The molecule has 38 heavy (non-hydrogen) atoms. The highest BCUT2D eigenvalue weighted by atomic mass is 16.5. The van der Waals surface area contributed by atoms with E-state index in [1.54, 1.807) is 19.4 Å². The van der Waals surface area contributed by atoms with Crippen molar-refractivity contribution in [1.29, 1.82) is 0 Å². The molecule has 0 atom stereocenters. The maximum absolute atomic E-state index is 12.2. The van der Waals surface area contributed by atoms with Gasteiger partial charge in [0.2, 0.25) is 11.8 Å². The first kappa shape index (κ1) is 24.7. The average Bonchev–Trinajstić information content (AvgIpc) is 3.54. The van der Waals surface area contributed by atoms with Crippen LogP contribution in [-0.4, -0.2) is 63.3 Å². The zero-order chi connectivity index (χ0) is 26.6. The van der Waals surface area contributed by atoms with E-state index < -0.39 is 5.91 Å². The molecule has 194 valence electrons. The number of anilines is 4. The lowest BCUT2D eigenvalue weighted by atomic mass is 10.1. The third kappa shape index (κ3) is 5.25. The van der Waals surface area contributed by atoms with Crippen molar-refractivity contribution in [3.8, 4) is 17.2 Å². The summed E-state index contributed by atoms with van der Waals surface area (Å²) in [6.45, 7) is 1.59. The summed E-state index contributed by atoms with van der Waals surface area (Å²) in [7, 11) is 5.55. The van der Waals surface area contributed by atoms with Crippen molar-refractivity contribution < 1.29 is 13.9 Å². The number of hydrogen-bond acceptors (Lipinski definition) is 10. The summed E-state index contributed by atoms with van der Waals surface area (Å²) >= 11 is 0. The molecule has 0 spiro atoms. The van der Waals surface area contributed by atoms with Crippen LogP contribution in [0.5, 0.6) is 5.75 Å². The van der Waals surface area contributed by atoms with Crippen LogP contribution in [0.15, 0.2) is 65.5 Å². The molecule has 1 amide bonds. The van der Waals surface area contributed by atoms with Crippen molar-refractivity contribution in [1.82, 2.24) is 29.6 Å². The fraction of sp³-hybridized carbons (Fsp3) is 0.192. The predicted octanol–water partition coefficient (Wildman–Crippen LogP) is 3.64. The minimum atomic E-state index is -0.676. The molecule has 0 aliphatic heterocycles. The van der Waals surface area contributed by atoms with Gasteiger partial charge in [0.25, 0.3) is 5.91 Å². The van der Waals surface area contributed by atoms with Crippen LogP contribution in [0.3, 0.4) is 0 Å². The molecule has 0 saturated heterocycles. The summed E-state index contributed by atoms with van der Waals surface area (Å²) in [5, 5.41) is 10.6. The number of likely N-dealkylation sites (N-methyl/N-ethyl adjacent to an activating group) is 1. The van der Waals surface area contributed by atoms with Crippen LogP contribution < -0.4 is 21.1 Å². The molecule has 3 heterocycles. The minimum absolute atomic E-state index is 0.117. The maximum atomic E-state index is 12.2. The van der Waals surface area contributed by atoms with Gasteiger partial charge in [0.1, 0.15) is 16.9 Å². The SMILES string of the molecule is COc1c(Nc2nc(Nc3cnn(CCN(C)C)c3)ncc2C(N)=O)cccc1-c1nc2ccccc2o1. The third-order valence-corrected chi connectivity index (χ3v) is 5.72. The molecule has 12 nitrogen and oxygen atoms in total. The van der Waals surface area contributed by atoms with Crippen LogP contribution in [0.25, 0.3) is 22.6 Å². The Morgan fingerprint density at radius 3 is 2.71 bits per heavy atom. The van der Waals surface area contributed by atoms with Crippen LogP contribution in [-0.2, 0) is 6.54 Å². The maximum Gasteiger partial charge on any atom is 0.254 e. The van der Waals surface area contributed by atoms with Crippen molar-refractivity contribution in [2.24, 2.45) is 5.73 Å². The van der Waals surface area contributed by atoms with Crippen molar-refractivity contribution in [3.05, 3.63) is 66.6 Å². The average molecular weight is 514 g/mol. The Morgan fingerprint density at radius 2 is 1.95 bits per heavy atom. The predicted molar refractivity (Wildman–Crippen MR) is 144 cm³/mol. The molecule has 2 aromatic carbocycles. The van der Waals surface area contributed by atoms with Crippen LogP contribution in [0.2, 0.25) is 0 Å². The lowest BCUT2D eigenvalue weighted by molar-refractivity contribution is 0.100. The zero-order valence-electron chi connectivity index (χ0n) is 21.2. The number of nitrogens with one attached hydrogen (secondary N) is 2. The topological polar surface area (TPSA) is 149 Å². The largest absolute Gasteiger partial charge is 0.494 e. The van der Waals surface area contributed by atoms with Crippen molar-refractivity contribution in [2.45, 2.75) is 6.54 Å². The van der Waals surface area contributed by atoms with E-state index >= 15 is 0 Å². The molecule has 3 aromatic heterocycles. The molecule has 12 heteroatoms. The number of hydrogen-bond donors (Lipinski definition) is 3. The highest BCUT2D eigenvalue weighted by Crippen LogP contribution is 2.38. The summed E-state index contributed by atoms with van der Waals surface area (Å²) in [4.78, 5) is 27.6. The summed E-state index contributed by atoms with van der Waals surface area (Å²) in [5.74, 6) is 0.661. The smallest absolute Gasteiger partial charge is 0.254 e. The van der Waals surface area contributed by atoms with E-state index in [0.717, 1.165) is 18.6 Å². The molecule has 5 aromatic rings. The number of primary amides is 1. The molecule has 5 rings (SSSR count). The summed E-state index contributed by atoms with van der Waals surface area (Å²) in [6, 6.07) is 12.9. The van der Waals surface area contributed by atoms with Crippen LogP contribution in [0.1, 0.15) is 10.4 Å². The monoisotopic (exact) mass is 513 g/mol. The van der Waals surface area contributed by atoms with Gasteiger partial charge in [-0.3, -0.25) is 9.48 Å². The van der Waals surface area contributed by atoms with E-state index in [-0.39, 0.29) is 17.3 Å². The number of benzene rings is 2. The number of nitrogens with two attached hydrogens (primary N) is 1. The van der Waals surface area contributed by atoms with Crippen LogP contribution >= 0.6 is 0 Å². The van der Waals surface area contributed by atoms with Gasteiger partial charge >= 0.3 is 0 Å². The lowest BCUT2D eigenvalue weighted by Crippen LogP contribution is -2.18. The van der Waals surface area contributed by atoms with E-state index in [0.29, 0.717) is 34.2 Å². The number of carbonyl (C=O) groups is 1. The third-order valence-electron chi connectivity index (χ3n) is 5.72. The van der Waals surface area contributed by atoms with Gasteiger partial charge in [-0.2, -0.15) is 10.1 Å². The quantitative estimate of drug-likeness (QED) is 0.253. The van der Waals surface area contributed by atoms with Crippen molar-refractivity contribution in [2.75, 3.05) is 38.4 Å². The number of rotatable bonds is 10. The van der Waals surface area contributed by atoms with Gasteiger partial charge in [-0.15, -0.1) is 0 Å². The molecular formula is C26H27N9O3. The molecule has 0 saturated carbocycles. The molecule has 0 aliphatic carbocycles. The Bertz CT molecular complexity index is 1560. The molecule has 4 N–H and O–H groups in total. The number of carbonyl (C=O) groups excluding carboxylic acids is 1. The van der Waals surface area contributed by atoms with Gasteiger partial charge in [0, 0.05) is 18.9 Å². The summed E-state index contributed by atoms with van der Waals surface area (Å²) < 4.78 is 13.5. The molecule has 0 fully saturated rings. The Labute approximate surface area is 218 Å². The number of fused-ring (bicyclic) bond motifs is 1. The fourth-order valence-corrected chi connectivity index (χ4v) is 3.84. The first-order valence-electron chi connectivity index (χ1n) is 11.8. The molecule has 0 aliphatic rings. The van der Waals surface area contributed by atoms with E-state index in [1.165, 1.54) is 6.20 Å². The molecular weight excluding hydrogens is 486 g/mol. The highest BCUT2D eigenvalue weighted by Gasteiger charge is 2.19. The zero-order valence-corrected chi connectivity index (χ0v) is 21.2. The van der Waals surface area contributed by atoms with Gasteiger partial charge < -0.3 is 30.4 Å². The van der Waals surface area contributed by atoms with Gasteiger partial charge in [0.05, 0.1) is 36.8 Å². The molecule has 0 unspecified atom stereocenters. The normalized spacial score (nSPS) is 11.2. The number of aromatic nitrogens is 5. The van der Waals surface area contributed by atoms with Crippen molar-refractivity contribution >= 4 is 40.1 Å². The van der Waals surface area contributed by atoms with Gasteiger partial charge in [-0.25, -0.2) is 9.97 Å². The van der Waals surface area contributed by atoms with E-state index in [4.69, 9.17) is 14.9 Å². The van der Waals surface area contributed by atoms with E-state index in [2.05, 4.69) is 35.6 Å².